The van der Waals surface area contributed by atoms with Gasteiger partial charge in [0.1, 0.15) is 12.4 Å². The lowest BCUT2D eigenvalue weighted by atomic mass is 9.82. The maximum absolute atomic E-state index is 6.10. The van der Waals surface area contributed by atoms with Gasteiger partial charge in [-0.3, -0.25) is 4.90 Å². The van der Waals surface area contributed by atoms with E-state index in [1.54, 1.807) is 0 Å². The molecular weight excluding hydrogens is 294 g/mol. The van der Waals surface area contributed by atoms with Crippen LogP contribution < -0.4 is 4.74 Å². The molecule has 1 aromatic carbocycles. The molecule has 24 heavy (non-hydrogen) atoms. The molecule has 0 N–H and O–H groups in total. The molecule has 3 atom stereocenters. The maximum atomic E-state index is 6.10. The molecule has 0 aromatic heterocycles. The van der Waals surface area contributed by atoms with Crippen molar-refractivity contribution in [2.24, 2.45) is 5.92 Å². The van der Waals surface area contributed by atoms with Crippen LogP contribution in [0.4, 0.5) is 0 Å². The van der Waals surface area contributed by atoms with E-state index in [9.17, 15) is 0 Å². The van der Waals surface area contributed by atoms with Gasteiger partial charge in [0.2, 0.25) is 0 Å². The number of nitrogens with zero attached hydrogens (tertiary/aromatic N) is 1. The fraction of sp³-hybridized carbons (Fsp3) is 0.727. The van der Waals surface area contributed by atoms with Crippen LogP contribution in [0.25, 0.3) is 0 Å². The van der Waals surface area contributed by atoms with Crippen LogP contribution in [-0.4, -0.2) is 30.1 Å². The Morgan fingerprint density at radius 3 is 2.42 bits per heavy atom. The van der Waals surface area contributed by atoms with Crippen LogP contribution in [-0.2, 0) is 5.41 Å². The molecule has 0 saturated carbocycles. The van der Waals surface area contributed by atoms with Crippen molar-refractivity contribution in [3.8, 4) is 5.75 Å². The van der Waals surface area contributed by atoms with E-state index >= 15 is 0 Å². The average Bonchev–Trinajstić information content (AvgIpc) is 2.60. The lowest BCUT2D eigenvalue weighted by molar-refractivity contribution is 0.0538. The van der Waals surface area contributed by atoms with E-state index in [0.29, 0.717) is 12.1 Å². The third-order valence-electron chi connectivity index (χ3n) is 6.18. The zero-order valence-electron chi connectivity index (χ0n) is 16.6. The van der Waals surface area contributed by atoms with Crippen molar-refractivity contribution >= 4 is 0 Å². The van der Waals surface area contributed by atoms with E-state index in [2.05, 4.69) is 70.7 Å². The molecule has 0 radical (unpaired) electrons. The first-order valence-corrected chi connectivity index (χ1v) is 9.86. The minimum absolute atomic E-state index is 0.240. The second-order valence-corrected chi connectivity index (χ2v) is 8.32. The summed E-state index contributed by atoms with van der Waals surface area (Å²) in [4.78, 5) is 2.65. The highest BCUT2D eigenvalue weighted by molar-refractivity contribution is 5.31. The number of ether oxygens (including phenoxy) is 1. The lowest BCUT2D eigenvalue weighted by Crippen LogP contribution is -2.48. The Bertz CT molecular complexity index is 493. The molecule has 136 valence electrons. The SMILES string of the molecule is CCC1CCC(C)N(C(C)COc2ccc(C(C)(C)CC)cc2)C1. The average molecular weight is 332 g/mol. The molecule has 0 amide bonds. The van der Waals surface area contributed by atoms with Gasteiger partial charge in [-0.25, -0.2) is 0 Å². The number of hydrogen-bond acceptors (Lipinski definition) is 2. The number of rotatable bonds is 7. The van der Waals surface area contributed by atoms with E-state index in [-0.39, 0.29) is 5.41 Å². The van der Waals surface area contributed by atoms with Crippen molar-refractivity contribution in [3.63, 3.8) is 0 Å². The minimum atomic E-state index is 0.240. The molecule has 3 unspecified atom stereocenters. The Balaban J connectivity index is 1.90. The van der Waals surface area contributed by atoms with Crippen LogP contribution in [0.3, 0.4) is 0 Å². The highest BCUT2D eigenvalue weighted by Gasteiger charge is 2.28. The molecule has 0 spiro atoms. The van der Waals surface area contributed by atoms with E-state index in [0.717, 1.165) is 24.7 Å². The van der Waals surface area contributed by atoms with Gasteiger partial charge in [-0.1, -0.05) is 46.2 Å². The molecule has 0 aliphatic carbocycles. The summed E-state index contributed by atoms with van der Waals surface area (Å²) >= 11 is 0. The molecule has 1 aliphatic rings. The first-order chi connectivity index (χ1) is 11.4. The number of piperidine rings is 1. The molecule has 2 nitrogen and oxygen atoms in total. The minimum Gasteiger partial charge on any atom is -0.492 e. The smallest absolute Gasteiger partial charge is 0.119 e. The maximum Gasteiger partial charge on any atom is 0.119 e. The number of likely N-dealkylation sites (tertiary alicyclic amines) is 1. The largest absolute Gasteiger partial charge is 0.492 e. The highest BCUT2D eigenvalue weighted by Crippen LogP contribution is 2.29. The topological polar surface area (TPSA) is 12.5 Å². The fourth-order valence-corrected chi connectivity index (χ4v) is 3.68. The number of benzene rings is 1. The normalized spacial score (nSPS) is 23.9. The van der Waals surface area contributed by atoms with Crippen molar-refractivity contribution in [2.45, 2.75) is 84.7 Å². The molecule has 1 fully saturated rings. The zero-order chi connectivity index (χ0) is 17.7. The summed E-state index contributed by atoms with van der Waals surface area (Å²) in [6.45, 7) is 15.8. The highest BCUT2D eigenvalue weighted by atomic mass is 16.5. The summed E-state index contributed by atoms with van der Waals surface area (Å²) in [5.41, 5.74) is 1.63. The summed E-state index contributed by atoms with van der Waals surface area (Å²) in [5.74, 6) is 1.86. The Kier molecular flexibility index (Phi) is 6.74. The number of hydrogen-bond donors (Lipinski definition) is 0. The third kappa shape index (κ3) is 4.75. The van der Waals surface area contributed by atoms with Crippen LogP contribution >= 0.6 is 0 Å². The van der Waals surface area contributed by atoms with Gasteiger partial charge in [0, 0.05) is 18.6 Å². The summed E-state index contributed by atoms with van der Waals surface area (Å²) < 4.78 is 6.10. The summed E-state index contributed by atoms with van der Waals surface area (Å²) in [5, 5.41) is 0. The van der Waals surface area contributed by atoms with Crippen LogP contribution in [0.2, 0.25) is 0 Å². The van der Waals surface area contributed by atoms with Gasteiger partial charge >= 0.3 is 0 Å². The summed E-state index contributed by atoms with van der Waals surface area (Å²) in [7, 11) is 0. The lowest BCUT2D eigenvalue weighted by Gasteiger charge is -2.41. The first kappa shape index (κ1) is 19.3. The monoisotopic (exact) mass is 331 g/mol. The molecule has 1 aliphatic heterocycles. The molecule has 1 saturated heterocycles. The molecule has 2 rings (SSSR count). The molecular formula is C22H37NO. The van der Waals surface area contributed by atoms with E-state index in [1.807, 2.05) is 0 Å². The van der Waals surface area contributed by atoms with Crippen molar-refractivity contribution in [3.05, 3.63) is 29.8 Å². The van der Waals surface area contributed by atoms with E-state index < -0.39 is 0 Å². The van der Waals surface area contributed by atoms with Crippen molar-refractivity contribution in [1.29, 1.82) is 0 Å². The summed E-state index contributed by atoms with van der Waals surface area (Å²) in [6, 6.07) is 9.86. The van der Waals surface area contributed by atoms with Gasteiger partial charge in [-0.2, -0.15) is 0 Å². The Hall–Kier alpha value is -1.02. The van der Waals surface area contributed by atoms with Gasteiger partial charge in [0.15, 0.2) is 0 Å². The second-order valence-electron chi connectivity index (χ2n) is 8.32. The first-order valence-electron chi connectivity index (χ1n) is 9.86. The van der Waals surface area contributed by atoms with Crippen molar-refractivity contribution in [2.75, 3.05) is 13.2 Å². The van der Waals surface area contributed by atoms with Gasteiger partial charge in [-0.05, 0) is 62.1 Å². The van der Waals surface area contributed by atoms with Gasteiger partial charge < -0.3 is 4.74 Å². The van der Waals surface area contributed by atoms with E-state index in [4.69, 9.17) is 4.74 Å². The van der Waals surface area contributed by atoms with Gasteiger partial charge in [-0.15, -0.1) is 0 Å². The van der Waals surface area contributed by atoms with E-state index in [1.165, 1.54) is 31.4 Å². The van der Waals surface area contributed by atoms with Crippen LogP contribution in [0.1, 0.15) is 72.8 Å². The van der Waals surface area contributed by atoms with Gasteiger partial charge in [0.25, 0.3) is 0 Å². The predicted molar refractivity (Wildman–Crippen MR) is 104 cm³/mol. The summed E-state index contributed by atoms with van der Waals surface area (Å²) in [6.07, 6.45) is 5.15. The van der Waals surface area contributed by atoms with Gasteiger partial charge in [0.05, 0.1) is 0 Å². The quantitative estimate of drug-likeness (QED) is 0.640. The Morgan fingerprint density at radius 2 is 1.83 bits per heavy atom. The fourth-order valence-electron chi connectivity index (χ4n) is 3.68. The Morgan fingerprint density at radius 1 is 1.17 bits per heavy atom. The molecule has 1 aromatic rings. The van der Waals surface area contributed by atoms with Crippen LogP contribution in [0.15, 0.2) is 24.3 Å². The van der Waals surface area contributed by atoms with Crippen molar-refractivity contribution < 1.29 is 4.74 Å². The third-order valence-corrected chi connectivity index (χ3v) is 6.18. The Labute approximate surface area is 149 Å². The van der Waals surface area contributed by atoms with Crippen molar-refractivity contribution in [1.82, 2.24) is 4.90 Å². The zero-order valence-corrected chi connectivity index (χ0v) is 16.6. The predicted octanol–water partition coefficient (Wildman–Crippen LogP) is 5.65. The molecule has 0 bridgehead atoms. The molecule has 2 heteroatoms. The van der Waals surface area contributed by atoms with Crippen LogP contribution in [0, 0.1) is 5.92 Å². The molecule has 1 heterocycles. The second kappa shape index (κ2) is 8.38. The standard InChI is InChI=1S/C22H37NO/c1-7-19-10-9-17(3)23(15-19)18(4)16-24-21-13-11-20(12-14-21)22(5,6)8-2/h11-14,17-19H,7-10,15-16H2,1-6H3. The van der Waals surface area contributed by atoms with Crippen LogP contribution in [0.5, 0.6) is 5.75 Å².